The fourth-order valence-electron chi connectivity index (χ4n) is 2.00. The highest BCUT2D eigenvalue weighted by atomic mass is 32.2. The Morgan fingerprint density at radius 3 is 2.57 bits per heavy atom. The molecule has 1 saturated heterocycles. The van der Waals surface area contributed by atoms with Crippen molar-refractivity contribution in [2.75, 3.05) is 18.6 Å². The molecule has 1 heterocycles. The van der Waals surface area contributed by atoms with Gasteiger partial charge in [-0.1, -0.05) is 0 Å². The first kappa shape index (κ1) is 16.9. The number of ether oxygens (including phenoxy) is 1. The minimum Gasteiger partial charge on any atom is -0.377 e. The lowest BCUT2D eigenvalue weighted by Gasteiger charge is -2.11. The predicted molar refractivity (Wildman–Crippen MR) is 82.9 cm³/mol. The highest BCUT2D eigenvalue weighted by Crippen LogP contribution is 2.15. The van der Waals surface area contributed by atoms with Crippen LogP contribution in [0.4, 0.5) is 5.69 Å². The Morgan fingerprint density at radius 1 is 1.30 bits per heavy atom. The molecule has 1 aromatic carbocycles. The van der Waals surface area contributed by atoms with E-state index in [1.807, 2.05) is 0 Å². The number of anilines is 1. The van der Waals surface area contributed by atoms with Crippen molar-refractivity contribution in [3.8, 4) is 12.1 Å². The summed E-state index contributed by atoms with van der Waals surface area (Å²) in [5.74, 6) is 0. The largest absolute Gasteiger partial charge is 0.377 e. The van der Waals surface area contributed by atoms with Crippen LogP contribution in [0.5, 0.6) is 0 Å². The number of nitrogens with zero attached hydrogens (tertiary/aromatic N) is 3. The van der Waals surface area contributed by atoms with Gasteiger partial charge >= 0.3 is 0 Å². The molecule has 9 heteroatoms. The minimum absolute atomic E-state index is 0.0737. The number of sulfonamides is 1. The van der Waals surface area contributed by atoms with Crippen molar-refractivity contribution in [1.29, 1.82) is 10.5 Å². The lowest BCUT2D eigenvalue weighted by molar-refractivity contribution is 0.114. The quantitative estimate of drug-likeness (QED) is 0.589. The van der Waals surface area contributed by atoms with Crippen LogP contribution in [0.15, 0.2) is 34.3 Å². The van der Waals surface area contributed by atoms with Gasteiger partial charge in [0, 0.05) is 13.2 Å². The van der Waals surface area contributed by atoms with E-state index in [9.17, 15) is 8.42 Å². The average molecular weight is 333 g/mol. The molecule has 0 aromatic heterocycles. The summed E-state index contributed by atoms with van der Waals surface area (Å²) in [7, 11) is -3.60. The van der Waals surface area contributed by atoms with Crippen LogP contribution in [-0.2, 0) is 14.8 Å². The van der Waals surface area contributed by atoms with E-state index in [0.29, 0.717) is 12.3 Å². The van der Waals surface area contributed by atoms with Crippen LogP contribution in [0.2, 0.25) is 0 Å². The summed E-state index contributed by atoms with van der Waals surface area (Å²) in [6.07, 6.45) is 1.72. The van der Waals surface area contributed by atoms with Gasteiger partial charge in [0.1, 0.15) is 12.1 Å². The number of rotatable bonds is 6. The first-order valence-corrected chi connectivity index (χ1v) is 8.38. The molecule has 2 N–H and O–H groups in total. The van der Waals surface area contributed by atoms with Gasteiger partial charge in [-0.15, -0.1) is 0 Å². The van der Waals surface area contributed by atoms with E-state index in [1.54, 1.807) is 12.1 Å². The second-order valence-corrected chi connectivity index (χ2v) is 6.57. The third kappa shape index (κ3) is 4.76. The van der Waals surface area contributed by atoms with Crippen molar-refractivity contribution in [3.63, 3.8) is 0 Å². The molecule has 0 bridgehead atoms. The smallest absolute Gasteiger partial charge is 0.240 e. The fraction of sp³-hybridized carbons (Fsp3) is 0.357. The molecule has 0 radical (unpaired) electrons. The Labute approximate surface area is 134 Å². The van der Waals surface area contributed by atoms with Crippen LogP contribution < -0.4 is 10.1 Å². The molecule has 1 unspecified atom stereocenters. The topological polar surface area (TPSA) is 127 Å². The van der Waals surface area contributed by atoms with Crippen LogP contribution in [-0.4, -0.2) is 33.4 Å². The minimum atomic E-state index is -3.60. The highest BCUT2D eigenvalue weighted by Gasteiger charge is 2.20. The summed E-state index contributed by atoms with van der Waals surface area (Å²) in [5, 5.41) is 20.7. The Balaban J connectivity index is 1.99. The summed E-state index contributed by atoms with van der Waals surface area (Å²) in [6, 6.07) is 9.03. The maximum absolute atomic E-state index is 12.2. The molecular formula is C14H15N5O3S. The van der Waals surface area contributed by atoms with Crippen molar-refractivity contribution in [2.45, 2.75) is 23.8 Å². The number of nitriles is 2. The molecule has 1 aromatic rings. The Bertz CT molecular complexity index is 737. The third-order valence-corrected chi connectivity index (χ3v) is 4.64. The lowest BCUT2D eigenvalue weighted by atomic mass is 10.2. The highest BCUT2D eigenvalue weighted by molar-refractivity contribution is 7.89. The van der Waals surface area contributed by atoms with Crippen molar-refractivity contribution < 1.29 is 13.2 Å². The summed E-state index contributed by atoms with van der Waals surface area (Å²) in [4.78, 5) is 0.116. The molecule has 1 aliphatic heterocycles. The number of benzene rings is 1. The Kier molecular flexibility index (Phi) is 5.66. The first-order valence-electron chi connectivity index (χ1n) is 6.90. The van der Waals surface area contributed by atoms with Gasteiger partial charge in [0.2, 0.25) is 15.7 Å². The summed E-state index contributed by atoms with van der Waals surface area (Å²) in [5.41, 5.74) is 2.65. The summed E-state index contributed by atoms with van der Waals surface area (Å²) in [6.45, 7) is 0.918. The molecule has 0 amide bonds. The normalized spacial score (nSPS) is 17.0. The number of hydrogen-bond acceptors (Lipinski definition) is 7. The number of hydrogen-bond donors (Lipinski definition) is 2. The zero-order valence-electron chi connectivity index (χ0n) is 12.2. The van der Waals surface area contributed by atoms with E-state index < -0.39 is 10.0 Å². The number of nitrogens with one attached hydrogen (secondary N) is 2. The molecule has 0 aliphatic carbocycles. The van der Waals surface area contributed by atoms with Crippen molar-refractivity contribution in [3.05, 3.63) is 24.3 Å². The molecule has 2 rings (SSSR count). The monoisotopic (exact) mass is 333 g/mol. The van der Waals surface area contributed by atoms with Gasteiger partial charge in [-0.3, -0.25) is 5.43 Å². The SMILES string of the molecule is N#CC(C#N)=NNc1ccc(S(=O)(=O)NCC2CCCO2)cc1. The second kappa shape index (κ2) is 7.70. The first-order chi connectivity index (χ1) is 11.0. The maximum atomic E-state index is 12.2. The van der Waals surface area contributed by atoms with Crippen LogP contribution >= 0.6 is 0 Å². The van der Waals surface area contributed by atoms with Crippen LogP contribution in [0, 0.1) is 22.7 Å². The van der Waals surface area contributed by atoms with Gasteiger partial charge in [0.15, 0.2) is 0 Å². The molecule has 120 valence electrons. The van der Waals surface area contributed by atoms with E-state index in [-0.39, 0.29) is 23.3 Å². The second-order valence-electron chi connectivity index (χ2n) is 4.81. The molecule has 1 fully saturated rings. The Hall–Kier alpha value is -2.46. The van der Waals surface area contributed by atoms with E-state index in [4.69, 9.17) is 15.3 Å². The van der Waals surface area contributed by atoms with Gasteiger partial charge in [-0.2, -0.15) is 15.6 Å². The van der Waals surface area contributed by atoms with Crippen LogP contribution in [0.3, 0.4) is 0 Å². The fourth-order valence-corrected chi connectivity index (χ4v) is 3.06. The Morgan fingerprint density at radius 2 is 2.00 bits per heavy atom. The lowest BCUT2D eigenvalue weighted by Crippen LogP contribution is -2.31. The van der Waals surface area contributed by atoms with E-state index >= 15 is 0 Å². The van der Waals surface area contributed by atoms with Crippen molar-refractivity contribution in [2.24, 2.45) is 5.10 Å². The molecule has 0 spiro atoms. The zero-order chi connectivity index (χ0) is 16.7. The van der Waals surface area contributed by atoms with E-state index in [1.165, 1.54) is 24.3 Å². The standard InChI is InChI=1S/C14H15N5O3S/c15-8-12(9-16)19-18-11-3-5-14(6-4-11)23(20,21)17-10-13-2-1-7-22-13/h3-6,13,17-18H,1-2,7,10H2. The van der Waals surface area contributed by atoms with E-state index in [2.05, 4.69) is 15.2 Å². The summed E-state index contributed by atoms with van der Waals surface area (Å²) < 4.78 is 32.2. The van der Waals surface area contributed by atoms with Crippen LogP contribution in [0.25, 0.3) is 0 Å². The molecule has 23 heavy (non-hydrogen) atoms. The van der Waals surface area contributed by atoms with Gasteiger partial charge in [-0.25, -0.2) is 13.1 Å². The van der Waals surface area contributed by atoms with Crippen LogP contribution in [0.1, 0.15) is 12.8 Å². The molecule has 1 aliphatic rings. The molecule has 0 saturated carbocycles. The van der Waals surface area contributed by atoms with Gasteiger partial charge in [0.05, 0.1) is 16.7 Å². The van der Waals surface area contributed by atoms with E-state index in [0.717, 1.165) is 12.8 Å². The zero-order valence-corrected chi connectivity index (χ0v) is 13.0. The molecule has 8 nitrogen and oxygen atoms in total. The number of hydrazone groups is 1. The van der Waals surface area contributed by atoms with Crippen molar-refractivity contribution in [1.82, 2.24) is 4.72 Å². The van der Waals surface area contributed by atoms with Crippen molar-refractivity contribution >= 4 is 21.4 Å². The molecular weight excluding hydrogens is 318 g/mol. The molecule has 1 atom stereocenters. The van der Waals surface area contributed by atoms with Gasteiger partial charge in [-0.05, 0) is 37.1 Å². The summed E-state index contributed by atoms with van der Waals surface area (Å²) >= 11 is 0. The third-order valence-electron chi connectivity index (χ3n) is 3.20. The van der Waals surface area contributed by atoms with Gasteiger partial charge < -0.3 is 4.74 Å². The average Bonchev–Trinajstić information content (AvgIpc) is 3.08. The predicted octanol–water partition coefficient (Wildman–Crippen LogP) is 0.959. The maximum Gasteiger partial charge on any atom is 0.240 e. The van der Waals surface area contributed by atoms with Gasteiger partial charge in [0.25, 0.3) is 0 Å².